The molecule has 0 atom stereocenters. The van der Waals surface area contributed by atoms with Crippen LogP contribution in [0.3, 0.4) is 0 Å². The van der Waals surface area contributed by atoms with Gasteiger partial charge in [-0.05, 0) is 31.6 Å². The molecule has 0 heterocycles. The number of nitrogens with one attached hydrogen (secondary N) is 2. The van der Waals surface area contributed by atoms with Crippen LogP contribution in [0.5, 0.6) is 17.2 Å². The molecular weight excluding hydrogens is 336 g/mol. The van der Waals surface area contributed by atoms with Crippen LogP contribution in [0.1, 0.15) is 36.0 Å². The number of ether oxygens (including phenoxy) is 3. The first-order valence-corrected chi connectivity index (χ1v) is 8.83. The zero-order valence-corrected chi connectivity index (χ0v) is 15.9. The minimum atomic E-state index is -0.212. The van der Waals surface area contributed by atoms with Crippen molar-refractivity contribution in [3.63, 3.8) is 0 Å². The Morgan fingerprint density at radius 2 is 1.54 bits per heavy atom. The molecule has 1 aromatic rings. The molecule has 2 rings (SSSR count). The molecule has 1 aliphatic carbocycles. The summed E-state index contributed by atoms with van der Waals surface area (Å²) in [6.07, 6.45) is 3.59. The van der Waals surface area contributed by atoms with Crippen molar-refractivity contribution in [2.45, 2.75) is 25.7 Å². The van der Waals surface area contributed by atoms with Crippen LogP contribution in [0, 0.1) is 11.8 Å². The van der Waals surface area contributed by atoms with Gasteiger partial charge in [0, 0.05) is 31.6 Å². The highest BCUT2D eigenvalue weighted by Crippen LogP contribution is 2.34. The van der Waals surface area contributed by atoms with Crippen molar-refractivity contribution in [1.29, 1.82) is 0 Å². The average Bonchev–Trinajstić information content (AvgIpc) is 2.70. The van der Waals surface area contributed by atoms with Crippen molar-refractivity contribution in [3.05, 3.63) is 17.7 Å². The van der Waals surface area contributed by atoms with Crippen LogP contribution < -0.4 is 24.8 Å². The molecule has 1 fully saturated rings. The third-order valence-electron chi connectivity index (χ3n) is 4.97. The van der Waals surface area contributed by atoms with E-state index in [0.29, 0.717) is 35.3 Å². The Labute approximate surface area is 154 Å². The molecule has 0 spiro atoms. The fraction of sp³-hybridized carbons (Fsp3) is 0.579. The largest absolute Gasteiger partial charge is 0.496 e. The quantitative estimate of drug-likeness (QED) is 0.773. The number of hydrogen-bond donors (Lipinski definition) is 2. The minimum absolute atomic E-state index is 0.0953. The van der Waals surface area contributed by atoms with Crippen LogP contribution in [0.15, 0.2) is 12.1 Å². The summed E-state index contributed by atoms with van der Waals surface area (Å²) in [4.78, 5) is 24.3. The van der Waals surface area contributed by atoms with Crippen molar-refractivity contribution >= 4 is 11.8 Å². The van der Waals surface area contributed by atoms with Gasteiger partial charge in [0.25, 0.3) is 5.91 Å². The first-order chi connectivity index (χ1) is 12.5. The molecule has 0 aromatic heterocycles. The molecule has 7 nitrogen and oxygen atoms in total. The fourth-order valence-electron chi connectivity index (χ4n) is 3.37. The Bertz CT molecular complexity index is 639. The van der Waals surface area contributed by atoms with Gasteiger partial charge in [-0.25, -0.2) is 0 Å². The number of amides is 2. The fourth-order valence-corrected chi connectivity index (χ4v) is 3.37. The SMILES string of the molecule is CNC(=O)C1CCC(CNC(=O)c2cc(OC)c(OC)cc2OC)CC1. The van der Waals surface area contributed by atoms with Gasteiger partial charge in [0.15, 0.2) is 11.5 Å². The highest BCUT2D eigenvalue weighted by molar-refractivity contribution is 5.97. The van der Waals surface area contributed by atoms with Gasteiger partial charge in [0.1, 0.15) is 5.75 Å². The molecule has 26 heavy (non-hydrogen) atoms. The molecule has 0 aliphatic heterocycles. The normalized spacial score (nSPS) is 19.4. The van der Waals surface area contributed by atoms with Gasteiger partial charge in [-0.2, -0.15) is 0 Å². The lowest BCUT2D eigenvalue weighted by molar-refractivity contribution is -0.125. The van der Waals surface area contributed by atoms with Gasteiger partial charge >= 0.3 is 0 Å². The Morgan fingerprint density at radius 3 is 2.08 bits per heavy atom. The summed E-state index contributed by atoms with van der Waals surface area (Å²) >= 11 is 0. The first-order valence-electron chi connectivity index (χ1n) is 8.83. The van der Waals surface area contributed by atoms with E-state index in [2.05, 4.69) is 10.6 Å². The minimum Gasteiger partial charge on any atom is -0.496 e. The number of benzene rings is 1. The highest BCUT2D eigenvalue weighted by atomic mass is 16.5. The zero-order chi connectivity index (χ0) is 19.1. The molecule has 144 valence electrons. The summed E-state index contributed by atoms with van der Waals surface area (Å²) in [5.41, 5.74) is 0.407. The highest BCUT2D eigenvalue weighted by Gasteiger charge is 2.26. The average molecular weight is 364 g/mol. The zero-order valence-electron chi connectivity index (χ0n) is 15.9. The molecule has 0 bridgehead atoms. The van der Waals surface area contributed by atoms with Gasteiger partial charge in [-0.1, -0.05) is 0 Å². The van der Waals surface area contributed by atoms with E-state index in [0.717, 1.165) is 25.7 Å². The monoisotopic (exact) mass is 364 g/mol. The number of carbonyl (C=O) groups excluding carboxylic acids is 2. The first kappa shape index (κ1) is 19.9. The van der Waals surface area contributed by atoms with Crippen molar-refractivity contribution < 1.29 is 23.8 Å². The second-order valence-corrected chi connectivity index (χ2v) is 6.45. The summed E-state index contributed by atoms with van der Waals surface area (Å²) in [6.45, 7) is 0.580. The smallest absolute Gasteiger partial charge is 0.255 e. The van der Waals surface area contributed by atoms with Crippen molar-refractivity contribution in [2.24, 2.45) is 11.8 Å². The van der Waals surface area contributed by atoms with Crippen molar-refractivity contribution in [3.8, 4) is 17.2 Å². The maximum Gasteiger partial charge on any atom is 0.255 e. The number of carbonyl (C=O) groups is 2. The topological polar surface area (TPSA) is 85.9 Å². The molecule has 2 N–H and O–H groups in total. The summed E-state index contributed by atoms with van der Waals surface area (Å²) < 4.78 is 15.8. The van der Waals surface area contributed by atoms with E-state index in [4.69, 9.17) is 14.2 Å². The predicted molar refractivity (Wildman–Crippen MR) is 97.9 cm³/mol. The summed E-state index contributed by atoms with van der Waals surface area (Å²) in [5, 5.41) is 5.68. The lowest BCUT2D eigenvalue weighted by atomic mass is 9.81. The number of hydrogen-bond acceptors (Lipinski definition) is 5. The van der Waals surface area contributed by atoms with Crippen LogP contribution in [-0.4, -0.2) is 46.7 Å². The Balaban J connectivity index is 1.97. The van der Waals surface area contributed by atoms with E-state index < -0.39 is 0 Å². The van der Waals surface area contributed by atoms with Gasteiger partial charge < -0.3 is 24.8 Å². The van der Waals surface area contributed by atoms with Crippen molar-refractivity contribution in [1.82, 2.24) is 10.6 Å². The lowest BCUT2D eigenvalue weighted by Crippen LogP contribution is -2.35. The van der Waals surface area contributed by atoms with Gasteiger partial charge in [0.2, 0.25) is 5.91 Å². The second-order valence-electron chi connectivity index (χ2n) is 6.45. The lowest BCUT2D eigenvalue weighted by Gasteiger charge is -2.27. The van der Waals surface area contributed by atoms with E-state index in [1.54, 1.807) is 19.2 Å². The van der Waals surface area contributed by atoms with E-state index in [-0.39, 0.29) is 17.7 Å². The van der Waals surface area contributed by atoms with Crippen LogP contribution in [0.2, 0.25) is 0 Å². The van der Waals surface area contributed by atoms with E-state index in [1.165, 1.54) is 21.3 Å². The third-order valence-corrected chi connectivity index (χ3v) is 4.97. The summed E-state index contributed by atoms with van der Waals surface area (Å²) in [5.74, 6) is 1.80. The van der Waals surface area contributed by atoms with E-state index in [9.17, 15) is 9.59 Å². The summed E-state index contributed by atoms with van der Waals surface area (Å²) in [6, 6.07) is 3.26. The van der Waals surface area contributed by atoms with Gasteiger partial charge in [0.05, 0.1) is 26.9 Å². The molecule has 1 aromatic carbocycles. The third kappa shape index (κ3) is 4.59. The molecule has 7 heteroatoms. The van der Waals surface area contributed by atoms with Crippen LogP contribution in [0.4, 0.5) is 0 Å². The Morgan fingerprint density at radius 1 is 0.962 bits per heavy atom. The van der Waals surface area contributed by atoms with E-state index in [1.807, 2.05) is 0 Å². The molecule has 0 unspecified atom stereocenters. The van der Waals surface area contributed by atoms with Gasteiger partial charge in [-0.15, -0.1) is 0 Å². The van der Waals surface area contributed by atoms with Crippen LogP contribution in [-0.2, 0) is 4.79 Å². The second kappa shape index (κ2) is 9.31. The maximum absolute atomic E-state index is 12.6. The van der Waals surface area contributed by atoms with Crippen LogP contribution in [0.25, 0.3) is 0 Å². The molecule has 0 radical (unpaired) electrons. The summed E-state index contributed by atoms with van der Waals surface area (Å²) in [7, 11) is 6.24. The molecular formula is C19H28N2O5. The van der Waals surface area contributed by atoms with Crippen LogP contribution >= 0.6 is 0 Å². The van der Waals surface area contributed by atoms with Crippen molar-refractivity contribution in [2.75, 3.05) is 34.9 Å². The van der Waals surface area contributed by atoms with Gasteiger partial charge in [-0.3, -0.25) is 9.59 Å². The number of methoxy groups -OCH3 is 3. The maximum atomic E-state index is 12.6. The Kier molecular flexibility index (Phi) is 7.12. The van der Waals surface area contributed by atoms with E-state index >= 15 is 0 Å². The number of rotatable bonds is 7. The molecule has 0 saturated heterocycles. The molecule has 1 aliphatic rings. The molecule has 2 amide bonds. The standard InChI is InChI=1S/C19H28N2O5/c1-20-18(22)13-7-5-12(6-8-13)11-21-19(23)14-9-16(25-3)17(26-4)10-15(14)24-2/h9-10,12-13H,5-8,11H2,1-4H3,(H,20,22)(H,21,23). The Hall–Kier alpha value is -2.44. The molecule has 1 saturated carbocycles. The predicted octanol–water partition coefficient (Wildman–Crippen LogP) is 1.99.